The van der Waals surface area contributed by atoms with Gasteiger partial charge in [-0.15, -0.1) is 0 Å². The van der Waals surface area contributed by atoms with Gasteiger partial charge < -0.3 is 15.0 Å². The fourth-order valence-electron chi connectivity index (χ4n) is 3.25. The van der Waals surface area contributed by atoms with Crippen molar-refractivity contribution < 1.29 is 14.3 Å². The summed E-state index contributed by atoms with van der Waals surface area (Å²) in [6.07, 6.45) is 0.827. The van der Waals surface area contributed by atoms with Gasteiger partial charge in [0.15, 0.2) is 6.61 Å². The lowest BCUT2D eigenvalue weighted by Gasteiger charge is -2.29. The summed E-state index contributed by atoms with van der Waals surface area (Å²) in [5.74, 6) is 0.301. The molecule has 0 radical (unpaired) electrons. The summed E-state index contributed by atoms with van der Waals surface area (Å²) in [5, 5.41) is 2.98. The highest BCUT2D eigenvalue weighted by atomic mass is 79.9. The summed E-state index contributed by atoms with van der Waals surface area (Å²) in [7, 11) is 0. The lowest BCUT2D eigenvalue weighted by molar-refractivity contribution is -0.142. The molecule has 0 unspecified atom stereocenters. The molecule has 5 nitrogen and oxygen atoms in total. The van der Waals surface area contributed by atoms with E-state index in [1.807, 2.05) is 65.0 Å². The molecule has 1 N–H and O–H groups in total. The molecule has 0 saturated heterocycles. The van der Waals surface area contributed by atoms with Crippen molar-refractivity contribution in [1.29, 1.82) is 0 Å². The van der Waals surface area contributed by atoms with Crippen LogP contribution >= 0.6 is 15.9 Å². The quantitative estimate of drug-likeness (QED) is 0.534. The van der Waals surface area contributed by atoms with E-state index in [1.54, 1.807) is 11.8 Å². The lowest BCUT2D eigenvalue weighted by atomic mass is 10.1. The number of hydrogen-bond donors (Lipinski definition) is 1. The molecule has 0 spiro atoms. The summed E-state index contributed by atoms with van der Waals surface area (Å²) >= 11 is 3.47. The standard InChI is InChI=1S/C25H33BrN2O3/c1-7-18(4)27-25(30)20(6)28(14-21-9-8-10-22(26)13-21)24(29)15-31-23-12-16(2)11-17(3)19(23)5/h8-13,18,20H,7,14-15H2,1-6H3,(H,27,30)/t18-,20-/m1/s1. The zero-order valence-electron chi connectivity index (χ0n) is 19.3. The number of nitrogens with one attached hydrogen (secondary N) is 1. The molecule has 0 heterocycles. The van der Waals surface area contributed by atoms with Crippen LogP contribution in [0.4, 0.5) is 0 Å². The number of aryl methyl sites for hydroxylation is 2. The normalized spacial score (nSPS) is 12.7. The highest BCUT2D eigenvalue weighted by Crippen LogP contribution is 2.23. The van der Waals surface area contributed by atoms with Crippen LogP contribution in [0.2, 0.25) is 0 Å². The van der Waals surface area contributed by atoms with Gasteiger partial charge in [0.2, 0.25) is 5.91 Å². The van der Waals surface area contributed by atoms with Gasteiger partial charge in [0.1, 0.15) is 11.8 Å². The van der Waals surface area contributed by atoms with Crippen molar-refractivity contribution >= 4 is 27.7 Å². The molecule has 168 valence electrons. The second kappa shape index (κ2) is 11.3. The molecule has 0 aliphatic heterocycles. The van der Waals surface area contributed by atoms with E-state index in [-0.39, 0.29) is 24.5 Å². The third kappa shape index (κ3) is 7.10. The van der Waals surface area contributed by atoms with E-state index in [2.05, 4.69) is 27.3 Å². The first-order chi connectivity index (χ1) is 14.6. The lowest BCUT2D eigenvalue weighted by Crippen LogP contribution is -2.50. The van der Waals surface area contributed by atoms with E-state index < -0.39 is 6.04 Å². The van der Waals surface area contributed by atoms with Crippen LogP contribution in [0.25, 0.3) is 0 Å². The van der Waals surface area contributed by atoms with Gasteiger partial charge in [-0.1, -0.05) is 41.1 Å². The number of ether oxygens (including phenoxy) is 1. The molecule has 31 heavy (non-hydrogen) atoms. The van der Waals surface area contributed by atoms with E-state index in [4.69, 9.17) is 4.74 Å². The molecule has 0 bridgehead atoms. The second-order valence-electron chi connectivity index (χ2n) is 8.14. The molecular weight excluding hydrogens is 456 g/mol. The summed E-state index contributed by atoms with van der Waals surface area (Å²) in [4.78, 5) is 27.6. The Morgan fingerprint density at radius 3 is 2.48 bits per heavy atom. The minimum absolute atomic E-state index is 0.0481. The van der Waals surface area contributed by atoms with E-state index in [0.717, 1.165) is 33.1 Å². The van der Waals surface area contributed by atoms with E-state index in [9.17, 15) is 9.59 Å². The van der Waals surface area contributed by atoms with E-state index in [1.165, 1.54) is 0 Å². The van der Waals surface area contributed by atoms with Gasteiger partial charge in [-0.05, 0) is 81.5 Å². The van der Waals surface area contributed by atoms with Crippen molar-refractivity contribution in [3.8, 4) is 5.75 Å². The number of amides is 2. The van der Waals surface area contributed by atoms with Crippen LogP contribution in [-0.4, -0.2) is 35.4 Å². The smallest absolute Gasteiger partial charge is 0.261 e. The second-order valence-corrected chi connectivity index (χ2v) is 9.05. The number of halogens is 1. The van der Waals surface area contributed by atoms with Gasteiger partial charge in [0.25, 0.3) is 5.91 Å². The van der Waals surface area contributed by atoms with E-state index >= 15 is 0 Å². The van der Waals surface area contributed by atoms with Gasteiger partial charge in [0, 0.05) is 17.1 Å². The number of nitrogens with zero attached hydrogens (tertiary/aromatic N) is 1. The van der Waals surface area contributed by atoms with Gasteiger partial charge in [-0.2, -0.15) is 0 Å². The SMILES string of the molecule is CC[C@@H](C)NC(=O)[C@@H](C)N(Cc1cccc(Br)c1)C(=O)COc1cc(C)cc(C)c1C. The first-order valence-corrected chi connectivity index (χ1v) is 11.5. The van der Waals surface area contributed by atoms with Crippen molar-refractivity contribution in [3.05, 3.63) is 63.1 Å². The van der Waals surface area contributed by atoms with Gasteiger partial charge in [0.05, 0.1) is 0 Å². The minimum atomic E-state index is -0.621. The van der Waals surface area contributed by atoms with Gasteiger partial charge >= 0.3 is 0 Å². The van der Waals surface area contributed by atoms with Crippen LogP contribution in [0.15, 0.2) is 40.9 Å². The number of carbonyl (C=O) groups is 2. The molecule has 0 fully saturated rings. The Hall–Kier alpha value is -2.34. The first-order valence-electron chi connectivity index (χ1n) is 10.7. The van der Waals surface area contributed by atoms with Crippen molar-refractivity contribution in [2.45, 2.75) is 66.6 Å². The fourth-order valence-corrected chi connectivity index (χ4v) is 3.70. The predicted molar refractivity (Wildman–Crippen MR) is 128 cm³/mol. The van der Waals surface area contributed by atoms with Crippen LogP contribution < -0.4 is 10.1 Å². The summed E-state index contributed by atoms with van der Waals surface area (Å²) in [6.45, 7) is 11.9. The Kier molecular flexibility index (Phi) is 9.11. The number of benzene rings is 2. The first kappa shape index (κ1) is 24.9. The Labute approximate surface area is 194 Å². The van der Waals surface area contributed by atoms with Crippen molar-refractivity contribution in [1.82, 2.24) is 10.2 Å². The van der Waals surface area contributed by atoms with Crippen molar-refractivity contribution in [2.24, 2.45) is 0 Å². The molecule has 2 amide bonds. The number of hydrogen-bond acceptors (Lipinski definition) is 3. The number of carbonyl (C=O) groups excluding carboxylic acids is 2. The molecule has 2 aromatic carbocycles. The van der Waals surface area contributed by atoms with Crippen molar-refractivity contribution in [3.63, 3.8) is 0 Å². The molecule has 6 heteroatoms. The predicted octanol–water partition coefficient (Wildman–Crippen LogP) is 5.09. The summed E-state index contributed by atoms with van der Waals surface area (Å²) in [5.41, 5.74) is 4.15. The fraction of sp³-hybridized carbons (Fsp3) is 0.440. The van der Waals surface area contributed by atoms with E-state index in [0.29, 0.717) is 12.3 Å². The van der Waals surface area contributed by atoms with Crippen LogP contribution in [0.1, 0.15) is 49.4 Å². The highest BCUT2D eigenvalue weighted by molar-refractivity contribution is 9.10. The Morgan fingerprint density at radius 2 is 1.84 bits per heavy atom. The topological polar surface area (TPSA) is 58.6 Å². The molecule has 0 aliphatic rings. The third-order valence-electron chi connectivity index (χ3n) is 5.53. The summed E-state index contributed by atoms with van der Waals surface area (Å²) < 4.78 is 6.83. The largest absolute Gasteiger partial charge is 0.483 e. The molecule has 0 aliphatic carbocycles. The zero-order chi connectivity index (χ0) is 23.1. The summed E-state index contributed by atoms with van der Waals surface area (Å²) in [6, 6.07) is 11.2. The molecule has 0 aromatic heterocycles. The van der Waals surface area contributed by atoms with Crippen LogP contribution in [0.3, 0.4) is 0 Å². The maximum atomic E-state index is 13.2. The Morgan fingerprint density at radius 1 is 1.13 bits per heavy atom. The van der Waals surface area contributed by atoms with Gasteiger partial charge in [-0.3, -0.25) is 9.59 Å². The molecule has 0 saturated carbocycles. The van der Waals surface area contributed by atoms with Crippen molar-refractivity contribution in [2.75, 3.05) is 6.61 Å². The minimum Gasteiger partial charge on any atom is -0.483 e. The average Bonchev–Trinajstić information content (AvgIpc) is 2.72. The monoisotopic (exact) mass is 488 g/mol. The molecule has 2 aromatic rings. The Balaban J connectivity index is 2.22. The average molecular weight is 489 g/mol. The highest BCUT2D eigenvalue weighted by Gasteiger charge is 2.27. The molecule has 2 atom stereocenters. The Bertz CT molecular complexity index is 929. The molecular formula is C25H33BrN2O3. The maximum Gasteiger partial charge on any atom is 0.261 e. The van der Waals surface area contributed by atoms with Gasteiger partial charge in [-0.25, -0.2) is 0 Å². The zero-order valence-corrected chi connectivity index (χ0v) is 20.9. The number of rotatable bonds is 9. The van der Waals surface area contributed by atoms with Crippen LogP contribution in [0, 0.1) is 20.8 Å². The van der Waals surface area contributed by atoms with Crippen LogP contribution in [-0.2, 0) is 16.1 Å². The maximum absolute atomic E-state index is 13.2. The molecule has 2 rings (SSSR count). The van der Waals surface area contributed by atoms with Crippen LogP contribution in [0.5, 0.6) is 5.75 Å². The third-order valence-corrected chi connectivity index (χ3v) is 6.02.